The molecular weight excluding hydrogens is 270 g/mol. The van der Waals surface area contributed by atoms with Gasteiger partial charge in [0, 0.05) is 10.7 Å². The minimum atomic E-state index is -4.92. The molecule has 0 spiro atoms. The Hall–Kier alpha value is -2.45. The Labute approximate surface area is 103 Å². The van der Waals surface area contributed by atoms with Gasteiger partial charge in [0.2, 0.25) is 0 Å². The second kappa shape index (κ2) is 4.67. The van der Waals surface area contributed by atoms with Gasteiger partial charge in [-0.1, -0.05) is 6.07 Å². The summed E-state index contributed by atoms with van der Waals surface area (Å²) in [5.41, 5.74) is -2.48. The van der Waals surface area contributed by atoms with Gasteiger partial charge in [0.15, 0.2) is 11.5 Å². The van der Waals surface area contributed by atoms with Crippen LogP contribution in [0.2, 0.25) is 0 Å². The van der Waals surface area contributed by atoms with Crippen molar-refractivity contribution < 1.29 is 27.4 Å². The fraction of sp³-hybridized carbons (Fsp3) is 0.100. The van der Waals surface area contributed by atoms with Crippen molar-refractivity contribution in [2.75, 3.05) is 0 Å². The molecular formula is C10H5F4N3O2. The number of alkyl halides is 3. The van der Waals surface area contributed by atoms with Crippen LogP contribution in [0.15, 0.2) is 30.6 Å². The normalized spacial score (nSPS) is 11.4. The van der Waals surface area contributed by atoms with E-state index < -0.39 is 23.4 Å². The van der Waals surface area contributed by atoms with Gasteiger partial charge >= 0.3 is 12.1 Å². The van der Waals surface area contributed by atoms with Crippen molar-refractivity contribution in [3.63, 3.8) is 0 Å². The topological polar surface area (TPSA) is 57.0 Å². The quantitative estimate of drug-likeness (QED) is 0.789. The Morgan fingerprint density at radius 1 is 1.32 bits per heavy atom. The zero-order chi connectivity index (χ0) is 14.0. The third-order valence-electron chi connectivity index (χ3n) is 2.19. The van der Waals surface area contributed by atoms with E-state index >= 15 is 0 Å². The smallest absolute Gasteiger partial charge is 0.249 e. The highest BCUT2D eigenvalue weighted by molar-refractivity contribution is 5.90. The van der Waals surface area contributed by atoms with E-state index in [9.17, 15) is 22.5 Å². The van der Waals surface area contributed by atoms with E-state index in [-0.39, 0.29) is 5.82 Å². The first kappa shape index (κ1) is 13.0. The Morgan fingerprint density at radius 3 is 2.58 bits per heavy atom. The lowest BCUT2D eigenvalue weighted by Crippen LogP contribution is -2.18. The average molecular weight is 275 g/mol. The third-order valence-corrected chi connectivity index (χ3v) is 2.19. The first-order chi connectivity index (χ1) is 8.95. The number of aromatic nitrogens is 3. The van der Waals surface area contributed by atoms with Gasteiger partial charge in [-0.25, -0.2) is 19.4 Å². The molecule has 0 amide bonds. The SMILES string of the molecule is O=C(OF)c1cnn(-c2ccccn2)c1C(F)(F)F. The molecule has 0 aromatic carbocycles. The van der Waals surface area contributed by atoms with Gasteiger partial charge in [0.05, 0.1) is 6.20 Å². The molecule has 0 aliphatic rings. The molecule has 0 unspecified atom stereocenters. The van der Waals surface area contributed by atoms with Gasteiger partial charge in [-0.15, -0.1) is 0 Å². The maximum absolute atomic E-state index is 12.9. The number of pyridine rings is 1. The van der Waals surface area contributed by atoms with Gasteiger partial charge in [0.25, 0.3) is 0 Å². The summed E-state index contributed by atoms with van der Waals surface area (Å²) in [5, 5.41) is 3.39. The molecule has 19 heavy (non-hydrogen) atoms. The molecule has 2 aromatic rings. The summed E-state index contributed by atoms with van der Waals surface area (Å²) in [6, 6.07) is 4.20. The molecule has 0 saturated heterocycles. The standard InChI is InChI=1S/C10H5F4N3O2/c11-10(12,13)8-6(9(18)19-14)5-16-17(8)7-3-1-2-4-15-7/h1-5H. The second-order valence-electron chi connectivity index (χ2n) is 3.37. The van der Waals surface area contributed by atoms with Crippen LogP contribution in [0.4, 0.5) is 17.7 Å². The number of halogens is 4. The van der Waals surface area contributed by atoms with Crippen molar-refractivity contribution in [3.05, 3.63) is 41.9 Å². The van der Waals surface area contributed by atoms with E-state index in [1.165, 1.54) is 24.4 Å². The van der Waals surface area contributed by atoms with Gasteiger partial charge in [0.1, 0.15) is 5.56 Å². The maximum atomic E-state index is 12.9. The van der Waals surface area contributed by atoms with Crippen molar-refractivity contribution in [1.82, 2.24) is 14.8 Å². The molecule has 0 N–H and O–H groups in total. The highest BCUT2D eigenvalue weighted by Crippen LogP contribution is 2.33. The fourth-order valence-corrected chi connectivity index (χ4v) is 1.46. The van der Waals surface area contributed by atoms with Crippen LogP contribution in [-0.4, -0.2) is 20.7 Å². The zero-order valence-electron chi connectivity index (χ0n) is 9.06. The molecule has 0 radical (unpaired) electrons. The lowest BCUT2D eigenvalue weighted by atomic mass is 10.2. The number of hydrogen-bond acceptors (Lipinski definition) is 4. The fourth-order valence-electron chi connectivity index (χ4n) is 1.46. The van der Waals surface area contributed by atoms with Gasteiger partial charge in [-0.2, -0.15) is 18.3 Å². The lowest BCUT2D eigenvalue weighted by molar-refractivity contribution is -0.144. The summed E-state index contributed by atoms with van der Waals surface area (Å²) in [6.07, 6.45) is -3.10. The summed E-state index contributed by atoms with van der Waals surface area (Å²) in [4.78, 5) is 17.4. The molecule has 9 heteroatoms. The molecule has 2 heterocycles. The van der Waals surface area contributed by atoms with Crippen LogP contribution < -0.4 is 0 Å². The average Bonchev–Trinajstić information content (AvgIpc) is 2.83. The first-order valence-electron chi connectivity index (χ1n) is 4.84. The van der Waals surface area contributed by atoms with Crippen LogP contribution in [0.5, 0.6) is 0 Å². The second-order valence-corrected chi connectivity index (χ2v) is 3.37. The van der Waals surface area contributed by atoms with Crippen molar-refractivity contribution in [2.45, 2.75) is 6.18 Å². The molecule has 0 atom stereocenters. The van der Waals surface area contributed by atoms with Crippen LogP contribution in [0.1, 0.15) is 16.1 Å². The molecule has 2 aromatic heterocycles. The van der Waals surface area contributed by atoms with E-state index in [1.54, 1.807) is 0 Å². The first-order valence-corrected chi connectivity index (χ1v) is 4.84. The van der Waals surface area contributed by atoms with E-state index in [0.717, 1.165) is 0 Å². The summed E-state index contributed by atoms with van der Waals surface area (Å²) in [5.74, 6) is -1.93. The van der Waals surface area contributed by atoms with Crippen molar-refractivity contribution >= 4 is 5.97 Å². The Kier molecular flexibility index (Phi) is 3.19. The number of hydrogen-bond donors (Lipinski definition) is 0. The molecule has 0 aliphatic heterocycles. The third kappa shape index (κ3) is 2.39. The van der Waals surface area contributed by atoms with E-state index in [2.05, 4.69) is 15.0 Å². The molecule has 0 bridgehead atoms. The van der Waals surface area contributed by atoms with Crippen LogP contribution in [0.25, 0.3) is 5.82 Å². The minimum absolute atomic E-state index is 0.160. The van der Waals surface area contributed by atoms with Crippen LogP contribution >= 0.6 is 0 Å². The molecule has 100 valence electrons. The number of rotatable bonds is 2. The molecule has 5 nitrogen and oxygen atoms in total. The summed E-state index contributed by atoms with van der Waals surface area (Å²) in [6.45, 7) is 0. The zero-order valence-corrected chi connectivity index (χ0v) is 9.06. The van der Waals surface area contributed by atoms with Crippen molar-refractivity contribution in [3.8, 4) is 5.82 Å². The summed E-state index contributed by atoms with van der Waals surface area (Å²) < 4.78 is 50.9. The van der Waals surface area contributed by atoms with Gasteiger partial charge in [-0.05, 0) is 12.1 Å². The highest BCUT2D eigenvalue weighted by atomic mass is 19.4. The van der Waals surface area contributed by atoms with Crippen LogP contribution in [-0.2, 0) is 11.1 Å². The van der Waals surface area contributed by atoms with Crippen LogP contribution in [0, 0.1) is 0 Å². The van der Waals surface area contributed by atoms with E-state index in [1.807, 2.05) is 0 Å². The van der Waals surface area contributed by atoms with Crippen molar-refractivity contribution in [2.24, 2.45) is 0 Å². The van der Waals surface area contributed by atoms with Gasteiger partial charge in [-0.3, -0.25) is 0 Å². The Morgan fingerprint density at radius 2 is 2.05 bits per heavy atom. The number of carbonyl (C=O) groups excluding carboxylic acids is 1. The van der Waals surface area contributed by atoms with E-state index in [4.69, 9.17) is 0 Å². The minimum Gasteiger partial charge on any atom is -0.249 e. The predicted molar refractivity (Wildman–Crippen MR) is 52.9 cm³/mol. The van der Waals surface area contributed by atoms with Gasteiger partial charge < -0.3 is 0 Å². The predicted octanol–water partition coefficient (Wildman–Crippen LogP) is 2.33. The molecule has 0 fully saturated rings. The Bertz CT molecular complexity index is 595. The molecule has 2 rings (SSSR count). The number of carbonyl (C=O) groups is 1. The van der Waals surface area contributed by atoms with E-state index in [0.29, 0.717) is 10.9 Å². The van der Waals surface area contributed by atoms with Crippen LogP contribution in [0.3, 0.4) is 0 Å². The van der Waals surface area contributed by atoms with Crippen molar-refractivity contribution in [1.29, 1.82) is 0 Å². The molecule has 0 saturated carbocycles. The Balaban J connectivity index is 2.64. The highest BCUT2D eigenvalue weighted by Gasteiger charge is 2.41. The number of nitrogens with zero attached hydrogens (tertiary/aromatic N) is 3. The lowest BCUT2D eigenvalue weighted by Gasteiger charge is -2.10. The summed E-state index contributed by atoms with van der Waals surface area (Å²) in [7, 11) is 0. The monoisotopic (exact) mass is 275 g/mol. The summed E-state index contributed by atoms with van der Waals surface area (Å²) >= 11 is 0. The maximum Gasteiger partial charge on any atom is 0.434 e. The molecule has 0 aliphatic carbocycles. The largest absolute Gasteiger partial charge is 0.434 e.